The lowest BCUT2D eigenvalue weighted by atomic mass is 10.0. The smallest absolute Gasteiger partial charge is 0.126 e. The molecule has 0 unspecified atom stereocenters. The highest BCUT2D eigenvalue weighted by atomic mass is 19.1. The van der Waals surface area contributed by atoms with Crippen molar-refractivity contribution in [2.45, 2.75) is 20.8 Å². The molecule has 0 fully saturated rings. The van der Waals surface area contributed by atoms with Crippen LogP contribution < -0.4 is 0 Å². The Hall–Kier alpha value is -0.850. The largest absolute Gasteiger partial charge is 0.207 e. The second kappa shape index (κ2) is 4.89. The maximum absolute atomic E-state index is 12.9. The fourth-order valence-corrected chi connectivity index (χ4v) is 0.845. The molecule has 0 radical (unpaired) electrons. The first kappa shape index (κ1) is 10.2. The maximum Gasteiger partial charge on any atom is 0.126 e. The molecule has 0 saturated carbocycles. The first-order valence-electron chi connectivity index (χ1n) is 3.78. The Kier molecular flexibility index (Phi) is 4.51. The second-order valence-corrected chi connectivity index (χ2v) is 2.66. The normalized spacial score (nSPS) is 13.9. The van der Waals surface area contributed by atoms with Crippen LogP contribution in [0, 0.1) is 5.92 Å². The summed E-state index contributed by atoms with van der Waals surface area (Å²) in [5.74, 6) is -0.0118. The van der Waals surface area contributed by atoms with Crippen molar-refractivity contribution in [3.05, 3.63) is 36.2 Å². The van der Waals surface area contributed by atoms with Gasteiger partial charge in [-0.3, -0.25) is 0 Å². The van der Waals surface area contributed by atoms with Gasteiger partial charge in [-0.05, 0) is 24.5 Å². The molecule has 0 saturated heterocycles. The minimum atomic E-state index is -0.224. The summed E-state index contributed by atoms with van der Waals surface area (Å²) in [5.41, 5.74) is 0.711. The van der Waals surface area contributed by atoms with Crippen LogP contribution in [0.2, 0.25) is 0 Å². The van der Waals surface area contributed by atoms with Crippen molar-refractivity contribution < 1.29 is 4.39 Å². The Bertz CT molecular complexity index is 185. The number of rotatable bonds is 3. The van der Waals surface area contributed by atoms with Crippen LogP contribution in [0.1, 0.15) is 20.8 Å². The summed E-state index contributed by atoms with van der Waals surface area (Å²) in [6.45, 7) is 9.17. The van der Waals surface area contributed by atoms with Crippen LogP contribution in [0.15, 0.2) is 36.2 Å². The van der Waals surface area contributed by atoms with Crippen molar-refractivity contribution in [1.82, 2.24) is 0 Å². The molecule has 0 aromatic heterocycles. The van der Waals surface area contributed by atoms with Gasteiger partial charge in [0.05, 0.1) is 0 Å². The molecular weight excluding hydrogens is 139 g/mol. The van der Waals surface area contributed by atoms with Crippen LogP contribution >= 0.6 is 0 Å². The molecule has 0 nitrogen and oxygen atoms in total. The van der Waals surface area contributed by atoms with Gasteiger partial charge in [0.25, 0.3) is 0 Å². The highest BCUT2D eigenvalue weighted by molar-refractivity contribution is 5.28. The SMILES string of the molecule is C=C/C(F)=C(\C=C/C)C(C)C. The van der Waals surface area contributed by atoms with E-state index < -0.39 is 0 Å². The molecule has 0 aliphatic rings. The minimum Gasteiger partial charge on any atom is -0.207 e. The zero-order chi connectivity index (χ0) is 8.85. The fourth-order valence-electron chi connectivity index (χ4n) is 0.845. The van der Waals surface area contributed by atoms with Crippen molar-refractivity contribution in [1.29, 1.82) is 0 Å². The standard InChI is InChI=1S/C10H15F/c1-5-7-9(8(3)4)10(11)6-2/h5-8H,2H2,1,3-4H3/b7-5-,10-9-. The second-order valence-electron chi connectivity index (χ2n) is 2.66. The maximum atomic E-state index is 12.9. The van der Waals surface area contributed by atoms with E-state index in [-0.39, 0.29) is 11.7 Å². The van der Waals surface area contributed by atoms with Crippen molar-refractivity contribution in [2.24, 2.45) is 5.92 Å². The highest BCUT2D eigenvalue weighted by Gasteiger charge is 2.03. The third-order valence-corrected chi connectivity index (χ3v) is 1.42. The first-order chi connectivity index (χ1) is 5.13. The van der Waals surface area contributed by atoms with Gasteiger partial charge in [0.1, 0.15) is 5.83 Å². The van der Waals surface area contributed by atoms with E-state index in [1.54, 1.807) is 6.08 Å². The molecule has 11 heavy (non-hydrogen) atoms. The molecule has 0 spiro atoms. The van der Waals surface area contributed by atoms with Gasteiger partial charge < -0.3 is 0 Å². The molecule has 0 aromatic carbocycles. The Balaban J connectivity index is 4.71. The Morgan fingerprint density at radius 3 is 2.27 bits per heavy atom. The van der Waals surface area contributed by atoms with Crippen LogP contribution in [0.25, 0.3) is 0 Å². The molecule has 0 aromatic rings. The van der Waals surface area contributed by atoms with Gasteiger partial charge in [0.2, 0.25) is 0 Å². The van der Waals surface area contributed by atoms with Crippen LogP contribution in [0.4, 0.5) is 4.39 Å². The minimum absolute atomic E-state index is 0.212. The van der Waals surface area contributed by atoms with E-state index in [1.165, 1.54) is 6.08 Å². The third-order valence-electron chi connectivity index (χ3n) is 1.42. The van der Waals surface area contributed by atoms with E-state index in [4.69, 9.17) is 0 Å². The van der Waals surface area contributed by atoms with E-state index in [0.717, 1.165) is 0 Å². The molecule has 0 amide bonds. The third kappa shape index (κ3) is 3.17. The number of hydrogen-bond acceptors (Lipinski definition) is 0. The quantitative estimate of drug-likeness (QED) is 0.544. The van der Waals surface area contributed by atoms with Crippen molar-refractivity contribution >= 4 is 0 Å². The molecule has 0 aliphatic carbocycles. The highest BCUT2D eigenvalue weighted by Crippen LogP contribution is 2.17. The van der Waals surface area contributed by atoms with Gasteiger partial charge >= 0.3 is 0 Å². The van der Waals surface area contributed by atoms with Crippen LogP contribution in [-0.4, -0.2) is 0 Å². The zero-order valence-electron chi connectivity index (χ0n) is 7.39. The summed E-state index contributed by atoms with van der Waals surface area (Å²) < 4.78 is 12.9. The monoisotopic (exact) mass is 154 g/mol. The summed E-state index contributed by atoms with van der Waals surface area (Å²) in [7, 11) is 0. The predicted molar refractivity (Wildman–Crippen MR) is 48.0 cm³/mol. The summed E-state index contributed by atoms with van der Waals surface area (Å²) in [4.78, 5) is 0. The average Bonchev–Trinajstić information content (AvgIpc) is 1.98. The first-order valence-corrected chi connectivity index (χ1v) is 3.78. The molecule has 0 heterocycles. The summed E-state index contributed by atoms with van der Waals surface area (Å²) in [6.07, 6.45) is 4.86. The van der Waals surface area contributed by atoms with E-state index in [0.29, 0.717) is 5.57 Å². The molecule has 0 aliphatic heterocycles. The van der Waals surface area contributed by atoms with Crippen molar-refractivity contribution in [3.63, 3.8) is 0 Å². The number of allylic oxidation sites excluding steroid dienone is 5. The molecular formula is C10H15F. The lowest BCUT2D eigenvalue weighted by Gasteiger charge is -2.05. The van der Waals surface area contributed by atoms with E-state index in [9.17, 15) is 4.39 Å². The van der Waals surface area contributed by atoms with Gasteiger partial charge in [-0.15, -0.1) is 0 Å². The van der Waals surface area contributed by atoms with Crippen molar-refractivity contribution in [3.8, 4) is 0 Å². The molecule has 0 N–H and O–H groups in total. The van der Waals surface area contributed by atoms with Gasteiger partial charge in [-0.2, -0.15) is 0 Å². The molecule has 0 atom stereocenters. The van der Waals surface area contributed by atoms with Gasteiger partial charge in [-0.1, -0.05) is 32.6 Å². The van der Waals surface area contributed by atoms with E-state index in [1.807, 2.05) is 26.8 Å². The number of halogens is 1. The molecule has 0 rings (SSSR count). The Labute approximate surface area is 68.1 Å². The van der Waals surface area contributed by atoms with Gasteiger partial charge in [0, 0.05) is 0 Å². The lowest BCUT2D eigenvalue weighted by molar-refractivity contribution is 0.629. The summed E-state index contributed by atoms with van der Waals surface area (Å²) in [6, 6.07) is 0. The number of hydrogen-bond donors (Lipinski definition) is 0. The lowest BCUT2D eigenvalue weighted by Crippen LogP contribution is -1.92. The predicted octanol–water partition coefficient (Wildman–Crippen LogP) is 3.63. The van der Waals surface area contributed by atoms with Gasteiger partial charge in [-0.25, -0.2) is 4.39 Å². The van der Waals surface area contributed by atoms with E-state index in [2.05, 4.69) is 6.58 Å². The molecule has 1 heteroatoms. The van der Waals surface area contributed by atoms with Crippen LogP contribution in [0.3, 0.4) is 0 Å². The Morgan fingerprint density at radius 1 is 1.45 bits per heavy atom. The zero-order valence-corrected chi connectivity index (χ0v) is 7.39. The van der Waals surface area contributed by atoms with Gasteiger partial charge in [0.15, 0.2) is 0 Å². The summed E-state index contributed by atoms with van der Waals surface area (Å²) >= 11 is 0. The Morgan fingerprint density at radius 2 is 2.00 bits per heavy atom. The van der Waals surface area contributed by atoms with Crippen molar-refractivity contribution in [2.75, 3.05) is 0 Å². The summed E-state index contributed by atoms with van der Waals surface area (Å²) in [5, 5.41) is 0. The molecule has 0 bridgehead atoms. The average molecular weight is 154 g/mol. The van der Waals surface area contributed by atoms with Crippen LogP contribution in [0.5, 0.6) is 0 Å². The van der Waals surface area contributed by atoms with Crippen LogP contribution in [-0.2, 0) is 0 Å². The van der Waals surface area contributed by atoms with E-state index >= 15 is 0 Å². The topological polar surface area (TPSA) is 0 Å². The fraction of sp³-hybridized carbons (Fsp3) is 0.400. The molecule has 62 valence electrons.